The Morgan fingerprint density at radius 3 is 2.65 bits per heavy atom. The molecule has 7 heteroatoms. The van der Waals surface area contributed by atoms with Crippen molar-refractivity contribution in [1.29, 1.82) is 0 Å². The number of halogens is 1. The number of hydrogen-bond acceptors (Lipinski definition) is 5. The molecule has 3 aromatic carbocycles. The SMILES string of the molecule is CCOc1cc(/C=C2\SC(=O)N(Cc3cccc4ccccc34)C2=O)cc(Br)c1OC. The topological polar surface area (TPSA) is 55.8 Å². The van der Waals surface area contributed by atoms with Crippen LogP contribution in [0, 0.1) is 0 Å². The maximum Gasteiger partial charge on any atom is 0.293 e. The van der Waals surface area contributed by atoms with Crippen LogP contribution in [0.15, 0.2) is 64.0 Å². The Labute approximate surface area is 193 Å². The van der Waals surface area contributed by atoms with Gasteiger partial charge in [-0.15, -0.1) is 0 Å². The minimum absolute atomic E-state index is 0.236. The van der Waals surface area contributed by atoms with Gasteiger partial charge in [0.05, 0.1) is 29.6 Å². The Bertz CT molecular complexity index is 1200. The fourth-order valence-electron chi connectivity index (χ4n) is 3.52. The van der Waals surface area contributed by atoms with E-state index in [0.29, 0.717) is 27.5 Å². The maximum atomic E-state index is 13.0. The largest absolute Gasteiger partial charge is 0.492 e. The predicted molar refractivity (Wildman–Crippen MR) is 127 cm³/mol. The van der Waals surface area contributed by atoms with E-state index in [1.165, 1.54) is 4.90 Å². The van der Waals surface area contributed by atoms with Gasteiger partial charge in [-0.1, -0.05) is 42.5 Å². The van der Waals surface area contributed by atoms with Gasteiger partial charge in [-0.05, 0) is 74.7 Å². The molecule has 5 nitrogen and oxygen atoms in total. The molecule has 0 aromatic heterocycles. The zero-order valence-electron chi connectivity index (χ0n) is 17.1. The number of methoxy groups -OCH3 is 1. The molecular formula is C24H20BrNO4S. The second kappa shape index (κ2) is 9.16. The number of carbonyl (C=O) groups is 2. The van der Waals surface area contributed by atoms with Crippen molar-refractivity contribution in [3.05, 3.63) is 75.1 Å². The molecule has 31 heavy (non-hydrogen) atoms. The maximum absolute atomic E-state index is 13.0. The van der Waals surface area contributed by atoms with Crippen LogP contribution in [0.1, 0.15) is 18.1 Å². The Morgan fingerprint density at radius 1 is 1.10 bits per heavy atom. The number of imide groups is 1. The number of fused-ring (bicyclic) bond motifs is 1. The number of hydrogen-bond donors (Lipinski definition) is 0. The molecule has 0 N–H and O–H groups in total. The van der Waals surface area contributed by atoms with Crippen molar-refractivity contribution in [3.8, 4) is 11.5 Å². The summed E-state index contributed by atoms with van der Waals surface area (Å²) in [4.78, 5) is 27.3. The van der Waals surface area contributed by atoms with Gasteiger partial charge in [0.2, 0.25) is 0 Å². The standard InChI is InChI=1S/C24H20BrNO4S/c1-3-30-20-12-15(11-19(25)22(20)29-2)13-21-23(27)26(24(28)31-21)14-17-9-6-8-16-7-4-5-10-18(16)17/h4-13H,3,14H2,1-2H3/b21-13-. The molecule has 1 heterocycles. The second-order valence-corrected chi connectivity index (χ2v) is 8.72. The molecule has 0 radical (unpaired) electrons. The molecule has 1 saturated heterocycles. The van der Waals surface area contributed by atoms with Crippen LogP contribution < -0.4 is 9.47 Å². The molecule has 1 aliphatic heterocycles. The van der Waals surface area contributed by atoms with Gasteiger partial charge in [0, 0.05) is 0 Å². The first-order chi connectivity index (χ1) is 15.0. The average molecular weight is 498 g/mol. The summed E-state index contributed by atoms with van der Waals surface area (Å²) < 4.78 is 11.7. The number of ether oxygens (including phenoxy) is 2. The third-order valence-electron chi connectivity index (χ3n) is 4.92. The lowest BCUT2D eigenvalue weighted by molar-refractivity contribution is -0.123. The zero-order valence-corrected chi connectivity index (χ0v) is 19.5. The normalized spacial score (nSPS) is 15.2. The van der Waals surface area contributed by atoms with E-state index in [4.69, 9.17) is 9.47 Å². The van der Waals surface area contributed by atoms with Crippen molar-refractivity contribution in [2.24, 2.45) is 0 Å². The molecule has 0 unspecified atom stereocenters. The van der Waals surface area contributed by atoms with Crippen molar-refractivity contribution in [3.63, 3.8) is 0 Å². The zero-order chi connectivity index (χ0) is 22.0. The molecule has 2 amide bonds. The lowest BCUT2D eigenvalue weighted by Gasteiger charge is -2.14. The summed E-state index contributed by atoms with van der Waals surface area (Å²) in [5, 5.41) is 1.84. The van der Waals surface area contributed by atoms with Gasteiger partial charge < -0.3 is 9.47 Å². The smallest absolute Gasteiger partial charge is 0.293 e. The van der Waals surface area contributed by atoms with Crippen LogP contribution in [0.3, 0.4) is 0 Å². The van der Waals surface area contributed by atoms with Gasteiger partial charge >= 0.3 is 0 Å². The first kappa shape index (κ1) is 21.5. The predicted octanol–water partition coefficient (Wildman–Crippen LogP) is 6.25. The molecule has 0 spiro atoms. The Balaban J connectivity index is 1.63. The summed E-state index contributed by atoms with van der Waals surface area (Å²) in [6, 6.07) is 17.5. The molecular weight excluding hydrogens is 478 g/mol. The van der Waals surface area contributed by atoms with E-state index in [2.05, 4.69) is 15.9 Å². The van der Waals surface area contributed by atoms with Crippen LogP contribution >= 0.6 is 27.7 Å². The van der Waals surface area contributed by atoms with Crippen LogP contribution in [0.2, 0.25) is 0 Å². The highest BCUT2D eigenvalue weighted by Crippen LogP contribution is 2.39. The minimum Gasteiger partial charge on any atom is -0.492 e. The number of rotatable bonds is 6. The first-order valence-corrected chi connectivity index (χ1v) is 11.3. The number of carbonyl (C=O) groups excluding carboxylic acids is 2. The summed E-state index contributed by atoms with van der Waals surface area (Å²) in [5.74, 6) is 0.858. The van der Waals surface area contributed by atoms with E-state index in [1.807, 2.05) is 55.5 Å². The van der Waals surface area contributed by atoms with Crippen molar-refractivity contribution in [2.75, 3.05) is 13.7 Å². The van der Waals surface area contributed by atoms with E-state index in [1.54, 1.807) is 19.3 Å². The quantitative estimate of drug-likeness (QED) is 0.377. The summed E-state index contributed by atoms with van der Waals surface area (Å²) in [6.45, 7) is 2.60. The molecule has 0 saturated carbocycles. The third kappa shape index (κ3) is 4.34. The van der Waals surface area contributed by atoms with Gasteiger partial charge in [0.15, 0.2) is 11.5 Å². The monoisotopic (exact) mass is 497 g/mol. The summed E-state index contributed by atoms with van der Waals surface area (Å²) in [5.41, 5.74) is 1.68. The van der Waals surface area contributed by atoms with E-state index >= 15 is 0 Å². The van der Waals surface area contributed by atoms with E-state index in [-0.39, 0.29) is 17.7 Å². The molecule has 3 aromatic rings. The first-order valence-electron chi connectivity index (χ1n) is 9.74. The van der Waals surface area contributed by atoms with Crippen molar-refractivity contribution in [2.45, 2.75) is 13.5 Å². The number of nitrogens with zero attached hydrogens (tertiary/aromatic N) is 1. The number of thioether (sulfide) groups is 1. The van der Waals surface area contributed by atoms with Crippen molar-refractivity contribution < 1.29 is 19.1 Å². The number of benzene rings is 3. The highest BCUT2D eigenvalue weighted by Gasteiger charge is 2.35. The van der Waals surface area contributed by atoms with Crippen LogP contribution in [0.5, 0.6) is 11.5 Å². The lowest BCUT2D eigenvalue weighted by Crippen LogP contribution is -2.27. The van der Waals surface area contributed by atoms with Crippen LogP contribution in [0.4, 0.5) is 4.79 Å². The molecule has 158 valence electrons. The fraction of sp³-hybridized carbons (Fsp3) is 0.167. The van der Waals surface area contributed by atoms with Gasteiger partial charge in [-0.3, -0.25) is 14.5 Å². The average Bonchev–Trinajstić information content (AvgIpc) is 3.01. The van der Waals surface area contributed by atoms with E-state index < -0.39 is 0 Å². The van der Waals surface area contributed by atoms with Gasteiger partial charge in [0.1, 0.15) is 0 Å². The van der Waals surface area contributed by atoms with E-state index in [0.717, 1.165) is 33.7 Å². The van der Waals surface area contributed by atoms with Crippen LogP contribution in [-0.2, 0) is 11.3 Å². The van der Waals surface area contributed by atoms with Crippen molar-refractivity contribution >= 4 is 55.7 Å². The highest BCUT2D eigenvalue weighted by molar-refractivity contribution is 9.10. The van der Waals surface area contributed by atoms with Crippen molar-refractivity contribution in [1.82, 2.24) is 4.90 Å². The molecule has 0 aliphatic carbocycles. The lowest BCUT2D eigenvalue weighted by atomic mass is 10.0. The Kier molecular flexibility index (Phi) is 6.34. The Morgan fingerprint density at radius 2 is 1.87 bits per heavy atom. The molecule has 0 bridgehead atoms. The van der Waals surface area contributed by atoms with Gasteiger partial charge in [0.25, 0.3) is 11.1 Å². The summed E-state index contributed by atoms with van der Waals surface area (Å²) in [6.07, 6.45) is 1.71. The second-order valence-electron chi connectivity index (χ2n) is 6.87. The molecule has 1 fully saturated rings. The third-order valence-corrected chi connectivity index (χ3v) is 6.41. The van der Waals surface area contributed by atoms with Gasteiger partial charge in [-0.2, -0.15) is 0 Å². The van der Waals surface area contributed by atoms with Crippen LogP contribution in [-0.4, -0.2) is 29.8 Å². The molecule has 0 atom stereocenters. The highest BCUT2D eigenvalue weighted by atomic mass is 79.9. The summed E-state index contributed by atoms with van der Waals surface area (Å²) in [7, 11) is 1.57. The van der Waals surface area contributed by atoms with E-state index in [9.17, 15) is 9.59 Å². The summed E-state index contributed by atoms with van der Waals surface area (Å²) >= 11 is 4.43. The number of amides is 2. The molecule has 1 aliphatic rings. The minimum atomic E-state index is -0.298. The van der Waals surface area contributed by atoms with Crippen LogP contribution in [0.25, 0.3) is 16.8 Å². The van der Waals surface area contributed by atoms with Gasteiger partial charge in [-0.25, -0.2) is 0 Å². The molecule has 4 rings (SSSR count). The fourth-order valence-corrected chi connectivity index (χ4v) is 4.98. The Hall–Kier alpha value is -2.77.